The Labute approximate surface area is 253 Å². The molecule has 3 aromatic carbocycles. The Morgan fingerprint density at radius 1 is 0.837 bits per heavy atom. The Morgan fingerprint density at radius 2 is 1.42 bits per heavy atom. The summed E-state index contributed by atoms with van der Waals surface area (Å²) < 4.78 is 10.9. The summed E-state index contributed by atoms with van der Waals surface area (Å²) in [5.74, 6) is -1.61. The number of piperazine rings is 1. The molecule has 8 nitrogen and oxygen atoms in total. The Kier molecular flexibility index (Phi) is 9.59. The monoisotopic (exact) mass is 580 g/mol. The van der Waals surface area contributed by atoms with Crippen molar-refractivity contribution < 1.29 is 19.1 Å². The van der Waals surface area contributed by atoms with Gasteiger partial charge in [-0.3, -0.25) is 9.80 Å². The maximum Gasteiger partial charge on any atom is 0.336 e. The number of rotatable bonds is 9. The first-order valence-electron chi connectivity index (χ1n) is 14.7. The molecular formula is C35H40N4O4. The van der Waals surface area contributed by atoms with Gasteiger partial charge in [0.15, 0.2) is 0 Å². The lowest BCUT2D eigenvalue weighted by molar-refractivity contribution is -0.140. The van der Waals surface area contributed by atoms with Crippen molar-refractivity contribution >= 4 is 17.6 Å². The average molecular weight is 581 g/mol. The first-order chi connectivity index (χ1) is 20.9. The summed E-state index contributed by atoms with van der Waals surface area (Å²) in [5, 5.41) is 3.18. The lowest BCUT2D eigenvalue weighted by Crippen LogP contribution is -2.48. The van der Waals surface area contributed by atoms with Crippen LogP contribution >= 0.6 is 0 Å². The Bertz CT molecular complexity index is 1450. The van der Waals surface area contributed by atoms with Gasteiger partial charge in [0.05, 0.1) is 30.2 Å². The van der Waals surface area contributed by atoms with Gasteiger partial charge in [0, 0.05) is 49.8 Å². The van der Waals surface area contributed by atoms with E-state index in [4.69, 9.17) is 15.2 Å². The summed E-state index contributed by atoms with van der Waals surface area (Å²) in [6.07, 6.45) is 0. The van der Waals surface area contributed by atoms with E-state index in [2.05, 4.69) is 75.8 Å². The third-order valence-corrected chi connectivity index (χ3v) is 8.27. The van der Waals surface area contributed by atoms with Gasteiger partial charge < -0.3 is 20.5 Å². The zero-order valence-electron chi connectivity index (χ0n) is 25.1. The molecule has 0 bridgehead atoms. The number of dihydropyridines is 1. The van der Waals surface area contributed by atoms with Gasteiger partial charge in [-0.25, -0.2) is 9.59 Å². The van der Waals surface area contributed by atoms with E-state index in [-0.39, 0.29) is 12.6 Å². The zero-order chi connectivity index (χ0) is 30.3. The van der Waals surface area contributed by atoms with E-state index >= 15 is 0 Å². The highest BCUT2D eigenvalue weighted by molar-refractivity contribution is 5.99. The molecule has 43 heavy (non-hydrogen) atoms. The smallest absolute Gasteiger partial charge is 0.336 e. The van der Waals surface area contributed by atoms with Crippen LogP contribution in [0.25, 0.3) is 0 Å². The number of hydrogen-bond acceptors (Lipinski definition) is 8. The Hall–Kier alpha value is -4.40. The molecule has 0 radical (unpaired) electrons. The van der Waals surface area contributed by atoms with Gasteiger partial charge in [-0.05, 0) is 42.7 Å². The molecule has 5 rings (SSSR count). The lowest BCUT2D eigenvalue weighted by atomic mass is 9.80. The molecule has 0 saturated carbocycles. The predicted octanol–water partition coefficient (Wildman–Crippen LogP) is 4.63. The van der Waals surface area contributed by atoms with E-state index < -0.39 is 17.9 Å². The molecule has 2 heterocycles. The summed E-state index contributed by atoms with van der Waals surface area (Å²) in [5.41, 5.74) is 12.0. The molecule has 0 amide bonds. The van der Waals surface area contributed by atoms with E-state index in [1.54, 1.807) is 19.1 Å². The lowest BCUT2D eigenvalue weighted by Gasteiger charge is -2.39. The van der Waals surface area contributed by atoms with E-state index in [9.17, 15) is 9.59 Å². The van der Waals surface area contributed by atoms with Crippen LogP contribution in [0, 0.1) is 0 Å². The molecule has 2 aliphatic rings. The Balaban J connectivity index is 1.24. The third-order valence-electron chi connectivity index (χ3n) is 8.27. The van der Waals surface area contributed by atoms with Crippen molar-refractivity contribution in [2.75, 3.05) is 52.2 Å². The molecule has 8 heteroatoms. The van der Waals surface area contributed by atoms with E-state index in [1.807, 2.05) is 19.1 Å². The summed E-state index contributed by atoms with van der Waals surface area (Å²) in [6.45, 7) is 8.05. The number of nitrogens with zero attached hydrogens (tertiary/aromatic N) is 2. The zero-order valence-corrected chi connectivity index (χ0v) is 25.1. The SMILES string of the molecule is COC(=O)C1=C(C)NC(C)=C(C(=O)OCCN2CCN(C(c3ccccc3)c3ccccc3)CC2)C1c1cccc(N)c1. The molecule has 1 fully saturated rings. The molecule has 1 saturated heterocycles. The summed E-state index contributed by atoms with van der Waals surface area (Å²) in [4.78, 5) is 31.3. The standard InChI is InChI=1S/C35H40N4O4/c1-24-30(34(40)42-3)32(28-15-10-16-29(36)23-28)31(25(2)37-24)35(41)43-22-21-38-17-19-39(20-18-38)33(26-11-6-4-7-12-26)27-13-8-5-9-14-27/h4-16,23,32-33,37H,17-22,36H2,1-3H3. The van der Waals surface area contributed by atoms with Crippen LogP contribution in [0.5, 0.6) is 0 Å². The highest BCUT2D eigenvalue weighted by Crippen LogP contribution is 2.39. The van der Waals surface area contributed by atoms with Crippen molar-refractivity contribution in [3.63, 3.8) is 0 Å². The first kappa shape index (κ1) is 30.1. The second kappa shape index (κ2) is 13.7. The molecule has 0 aromatic heterocycles. The van der Waals surface area contributed by atoms with Crippen molar-refractivity contribution in [3.05, 3.63) is 124 Å². The number of nitrogens with one attached hydrogen (secondary N) is 1. The molecule has 2 aliphatic heterocycles. The van der Waals surface area contributed by atoms with Crippen LogP contribution in [-0.4, -0.2) is 68.2 Å². The largest absolute Gasteiger partial charge is 0.466 e. The van der Waals surface area contributed by atoms with Crippen LogP contribution < -0.4 is 11.1 Å². The maximum absolute atomic E-state index is 13.6. The number of benzene rings is 3. The van der Waals surface area contributed by atoms with Gasteiger partial charge in [0.2, 0.25) is 0 Å². The van der Waals surface area contributed by atoms with Gasteiger partial charge in [0.25, 0.3) is 0 Å². The topological polar surface area (TPSA) is 97.1 Å². The second-order valence-electron chi connectivity index (χ2n) is 11.0. The third kappa shape index (κ3) is 6.82. The number of allylic oxidation sites excluding steroid dienone is 2. The number of nitrogen functional groups attached to an aromatic ring is 1. The van der Waals surface area contributed by atoms with Gasteiger partial charge >= 0.3 is 11.9 Å². The van der Waals surface area contributed by atoms with Crippen LogP contribution in [0.3, 0.4) is 0 Å². The first-order valence-corrected chi connectivity index (χ1v) is 14.7. The maximum atomic E-state index is 13.6. The van der Waals surface area contributed by atoms with Crippen molar-refractivity contribution in [1.82, 2.24) is 15.1 Å². The summed E-state index contributed by atoms with van der Waals surface area (Å²) in [6, 6.07) is 28.7. The number of ether oxygens (including phenoxy) is 2. The van der Waals surface area contributed by atoms with Crippen molar-refractivity contribution in [2.24, 2.45) is 0 Å². The van der Waals surface area contributed by atoms with Crippen molar-refractivity contribution in [2.45, 2.75) is 25.8 Å². The fourth-order valence-electron chi connectivity index (χ4n) is 6.19. The van der Waals surface area contributed by atoms with Crippen molar-refractivity contribution in [3.8, 4) is 0 Å². The number of carbonyl (C=O) groups is 2. The van der Waals surface area contributed by atoms with Gasteiger partial charge in [-0.1, -0.05) is 72.8 Å². The van der Waals surface area contributed by atoms with Crippen LogP contribution in [-0.2, 0) is 19.1 Å². The Morgan fingerprint density at radius 3 is 1.98 bits per heavy atom. The molecule has 3 N–H and O–H groups in total. The average Bonchev–Trinajstić information content (AvgIpc) is 3.02. The molecule has 3 aromatic rings. The fourth-order valence-corrected chi connectivity index (χ4v) is 6.19. The summed E-state index contributed by atoms with van der Waals surface area (Å²) >= 11 is 0. The number of anilines is 1. The van der Waals surface area contributed by atoms with Gasteiger partial charge in [-0.15, -0.1) is 0 Å². The number of esters is 2. The van der Waals surface area contributed by atoms with Crippen LogP contribution in [0.1, 0.15) is 42.5 Å². The number of methoxy groups -OCH3 is 1. The highest BCUT2D eigenvalue weighted by Gasteiger charge is 2.38. The molecule has 1 unspecified atom stereocenters. The number of carbonyl (C=O) groups excluding carboxylic acids is 2. The number of nitrogens with two attached hydrogens (primary N) is 1. The second-order valence-corrected chi connectivity index (χ2v) is 11.0. The van der Waals surface area contributed by atoms with Crippen LogP contribution in [0.15, 0.2) is 107 Å². The fraction of sp³-hybridized carbons (Fsp3) is 0.314. The minimum absolute atomic E-state index is 0.195. The molecule has 0 aliphatic carbocycles. The van der Waals surface area contributed by atoms with Gasteiger partial charge in [0.1, 0.15) is 6.61 Å². The molecule has 1 atom stereocenters. The van der Waals surface area contributed by atoms with Gasteiger partial charge in [-0.2, -0.15) is 0 Å². The van der Waals surface area contributed by atoms with Crippen LogP contribution in [0.4, 0.5) is 5.69 Å². The quantitative estimate of drug-likeness (QED) is 0.280. The van der Waals surface area contributed by atoms with Crippen LogP contribution in [0.2, 0.25) is 0 Å². The molecular weight excluding hydrogens is 540 g/mol. The molecule has 0 spiro atoms. The van der Waals surface area contributed by atoms with Crippen molar-refractivity contribution in [1.29, 1.82) is 0 Å². The normalized spacial score (nSPS) is 18.0. The predicted molar refractivity (Wildman–Crippen MR) is 168 cm³/mol. The van der Waals surface area contributed by atoms with E-state index in [0.29, 0.717) is 34.8 Å². The molecule has 224 valence electrons. The van der Waals surface area contributed by atoms with E-state index in [0.717, 1.165) is 31.7 Å². The van der Waals surface area contributed by atoms with E-state index in [1.165, 1.54) is 18.2 Å². The number of hydrogen-bond donors (Lipinski definition) is 2. The minimum atomic E-state index is -0.652. The minimum Gasteiger partial charge on any atom is -0.466 e. The summed E-state index contributed by atoms with van der Waals surface area (Å²) in [7, 11) is 1.34. The highest BCUT2D eigenvalue weighted by atomic mass is 16.5.